The molecule has 2 nitrogen and oxygen atoms in total. The molecule has 2 saturated carbocycles. The van der Waals surface area contributed by atoms with Crippen molar-refractivity contribution >= 4 is 0 Å². The summed E-state index contributed by atoms with van der Waals surface area (Å²) in [5, 5.41) is 4.06. The molecule has 0 aromatic carbocycles. The van der Waals surface area contributed by atoms with Gasteiger partial charge in [-0.05, 0) is 54.9 Å². The van der Waals surface area contributed by atoms with Gasteiger partial charge in [0, 0.05) is 24.1 Å². The molecular weight excluding hydrogens is 246 g/mol. The van der Waals surface area contributed by atoms with Crippen LogP contribution in [0, 0.1) is 16.7 Å². The molecule has 3 aliphatic carbocycles. The average Bonchev–Trinajstić information content (AvgIpc) is 3.05. The summed E-state index contributed by atoms with van der Waals surface area (Å²) in [4.78, 5) is 0. The van der Waals surface area contributed by atoms with Crippen LogP contribution < -0.4 is 5.32 Å². The zero-order chi connectivity index (χ0) is 14.0. The SMILES string of the molecule is CC12CCC(C1)C(C)(C)C2NC1CCCc2occc21. The fraction of sp³-hybridized carbons (Fsp3) is 0.778. The number of hydrogen-bond donors (Lipinski definition) is 1. The molecule has 1 aromatic heterocycles. The molecule has 4 atom stereocenters. The summed E-state index contributed by atoms with van der Waals surface area (Å²) >= 11 is 0. The van der Waals surface area contributed by atoms with Gasteiger partial charge in [-0.1, -0.05) is 20.8 Å². The molecule has 0 aliphatic heterocycles. The average molecular weight is 273 g/mol. The first-order chi connectivity index (χ1) is 9.51. The van der Waals surface area contributed by atoms with Gasteiger partial charge in [-0.25, -0.2) is 0 Å². The molecule has 4 rings (SSSR count). The van der Waals surface area contributed by atoms with Crippen molar-refractivity contribution in [2.24, 2.45) is 16.7 Å². The van der Waals surface area contributed by atoms with Gasteiger partial charge in [0.1, 0.15) is 5.76 Å². The third kappa shape index (κ3) is 1.67. The molecule has 0 saturated heterocycles. The van der Waals surface area contributed by atoms with E-state index in [0.29, 0.717) is 22.9 Å². The van der Waals surface area contributed by atoms with Crippen molar-refractivity contribution in [1.29, 1.82) is 0 Å². The van der Waals surface area contributed by atoms with E-state index in [9.17, 15) is 0 Å². The fourth-order valence-electron chi connectivity index (χ4n) is 5.58. The topological polar surface area (TPSA) is 25.2 Å². The van der Waals surface area contributed by atoms with Gasteiger partial charge in [0.05, 0.1) is 6.26 Å². The lowest BCUT2D eigenvalue weighted by atomic mass is 9.68. The molecule has 1 N–H and O–H groups in total. The Hall–Kier alpha value is -0.760. The van der Waals surface area contributed by atoms with E-state index >= 15 is 0 Å². The van der Waals surface area contributed by atoms with Crippen LogP contribution in [0.1, 0.15) is 70.2 Å². The van der Waals surface area contributed by atoms with Crippen molar-refractivity contribution in [2.45, 2.75) is 71.4 Å². The summed E-state index contributed by atoms with van der Waals surface area (Å²) in [6.07, 6.45) is 9.77. The van der Waals surface area contributed by atoms with Crippen LogP contribution in [-0.4, -0.2) is 6.04 Å². The van der Waals surface area contributed by atoms with Crippen molar-refractivity contribution in [3.05, 3.63) is 23.7 Å². The van der Waals surface area contributed by atoms with E-state index in [0.717, 1.165) is 12.3 Å². The van der Waals surface area contributed by atoms with E-state index in [1.807, 2.05) is 6.26 Å². The number of rotatable bonds is 2. The highest BCUT2D eigenvalue weighted by molar-refractivity contribution is 5.25. The summed E-state index contributed by atoms with van der Waals surface area (Å²) in [5.74, 6) is 2.14. The van der Waals surface area contributed by atoms with E-state index in [2.05, 4.69) is 32.2 Å². The van der Waals surface area contributed by atoms with Gasteiger partial charge in [-0.2, -0.15) is 0 Å². The van der Waals surface area contributed by atoms with Crippen LogP contribution in [0.3, 0.4) is 0 Å². The summed E-state index contributed by atoms with van der Waals surface area (Å²) in [7, 11) is 0. The van der Waals surface area contributed by atoms with Gasteiger partial charge in [0.25, 0.3) is 0 Å². The first-order valence-corrected chi connectivity index (χ1v) is 8.33. The molecule has 1 aromatic rings. The number of nitrogens with one attached hydrogen (secondary N) is 1. The van der Waals surface area contributed by atoms with Gasteiger partial charge in [-0.3, -0.25) is 0 Å². The minimum atomic E-state index is 0.439. The highest BCUT2D eigenvalue weighted by atomic mass is 16.3. The zero-order valence-electron chi connectivity index (χ0n) is 13.0. The molecule has 2 heteroatoms. The lowest BCUT2D eigenvalue weighted by Gasteiger charge is -2.45. The maximum Gasteiger partial charge on any atom is 0.108 e. The maximum atomic E-state index is 5.65. The third-order valence-electron chi connectivity index (χ3n) is 6.69. The van der Waals surface area contributed by atoms with Crippen molar-refractivity contribution in [3.8, 4) is 0 Å². The van der Waals surface area contributed by atoms with E-state index < -0.39 is 0 Å². The predicted molar refractivity (Wildman–Crippen MR) is 80.5 cm³/mol. The highest BCUT2D eigenvalue weighted by Crippen LogP contribution is 2.62. The van der Waals surface area contributed by atoms with Crippen LogP contribution in [-0.2, 0) is 6.42 Å². The fourth-order valence-corrected chi connectivity index (χ4v) is 5.58. The Morgan fingerprint density at radius 3 is 2.85 bits per heavy atom. The minimum absolute atomic E-state index is 0.439. The molecular formula is C18H27NO. The molecule has 3 aliphatic rings. The molecule has 2 bridgehead atoms. The van der Waals surface area contributed by atoms with E-state index in [1.165, 1.54) is 43.4 Å². The van der Waals surface area contributed by atoms with Crippen molar-refractivity contribution in [3.63, 3.8) is 0 Å². The second-order valence-electron chi connectivity index (χ2n) is 8.26. The maximum absolute atomic E-state index is 5.65. The van der Waals surface area contributed by atoms with Crippen molar-refractivity contribution in [1.82, 2.24) is 5.32 Å². The minimum Gasteiger partial charge on any atom is -0.469 e. The second-order valence-corrected chi connectivity index (χ2v) is 8.26. The van der Waals surface area contributed by atoms with Gasteiger partial charge >= 0.3 is 0 Å². The van der Waals surface area contributed by atoms with Crippen LogP contribution in [0.5, 0.6) is 0 Å². The number of fused-ring (bicyclic) bond motifs is 3. The van der Waals surface area contributed by atoms with E-state index in [1.54, 1.807) is 0 Å². The predicted octanol–water partition coefficient (Wildman–Crippen LogP) is 4.46. The number of aryl methyl sites for hydroxylation is 1. The molecule has 2 fully saturated rings. The summed E-state index contributed by atoms with van der Waals surface area (Å²) in [6, 6.07) is 3.35. The Morgan fingerprint density at radius 1 is 1.25 bits per heavy atom. The molecule has 4 unspecified atom stereocenters. The Morgan fingerprint density at radius 2 is 2.10 bits per heavy atom. The number of hydrogen-bond acceptors (Lipinski definition) is 2. The zero-order valence-corrected chi connectivity index (χ0v) is 13.0. The van der Waals surface area contributed by atoms with Crippen LogP contribution in [0.2, 0.25) is 0 Å². The van der Waals surface area contributed by atoms with Crippen molar-refractivity contribution in [2.75, 3.05) is 0 Å². The Kier molecular flexibility index (Phi) is 2.67. The standard InChI is InChI=1S/C18H27NO/c1-17(2)12-7-9-18(3,11-12)16(17)19-14-5-4-6-15-13(14)8-10-20-15/h8,10,12,14,16,19H,4-7,9,11H2,1-3H3. The monoisotopic (exact) mass is 273 g/mol. The van der Waals surface area contributed by atoms with Crippen LogP contribution in [0.4, 0.5) is 0 Å². The highest BCUT2D eigenvalue weighted by Gasteiger charge is 2.59. The molecule has 110 valence electrons. The lowest BCUT2D eigenvalue weighted by molar-refractivity contribution is 0.0953. The summed E-state index contributed by atoms with van der Waals surface area (Å²) in [5.41, 5.74) is 2.38. The molecule has 0 amide bonds. The Bertz CT molecular complexity index is 512. The first kappa shape index (κ1) is 12.9. The largest absolute Gasteiger partial charge is 0.469 e. The quantitative estimate of drug-likeness (QED) is 0.860. The van der Waals surface area contributed by atoms with Crippen LogP contribution in [0.15, 0.2) is 16.7 Å². The second kappa shape index (κ2) is 4.13. The van der Waals surface area contributed by atoms with E-state index in [4.69, 9.17) is 4.42 Å². The first-order valence-electron chi connectivity index (χ1n) is 8.33. The normalized spacial score (nSPS) is 41.9. The summed E-state index contributed by atoms with van der Waals surface area (Å²) < 4.78 is 5.65. The van der Waals surface area contributed by atoms with Gasteiger partial charge in [0.15, 0.2) is 0 Å². The van der Waals surface area contributed by atoms with Crippen LogP contribution in [0.25, 0.3) is 0 Å². The molecule has 1 heterocycles. The smallest absolute Gasteiger partial charge is 0.108 e. The number of furan rings is 1. The lowest BCUT2D eigenvalue weighted by Crippen LogP contribution is -2.51. The van der Waals surface area contributed by atoms with Gasteiger partial charge in [0.2, 0.25) is 0 Å². The summed E-state index contributed by atoms with van der Waals surface area (Å²) in [6.45, 7) is 7.48. The van der Waals surface area contributed by atoms with E-state index in [-0.39, 0.29) is 0 Å². The Balaban J connectivity index is 1.61. The van der Waals surface area contributed by atoms with Crippen LogP contribution >= 0.6 is 0 Å². The molecule has 20 heavy (non-hydrogen) atoms. The van der Waals surface area contributed by atoms with Crippen molar-refractivity contribution < 1.29 is 4.42 Å². The molecule has 0 radical (unpaired) electrons. The molecule has 0 spiro atoms. The third-order valence-corrected chi connectivity index (χ3v) is 6.69. The van der Waals surface area contributed by atoms with Gasteiger partial charge in [-0.15, -0.1) is 0 Å². The van der Waals surface area contributed by atoms with Gasteiger partial charge < -0.3 is 9.73 Å². The Labute approximate surface area is 122 Å².